The molecule has 2 amide bonds. The van der Waals surface area contributed by atoms with Crippen molar-refractivity contribution < 1.29 is 18.7 Å². The molecule has 138 valence electrons. The molecule has 2 fully saturated rings. The minimum atomic E-state index is -0.278. The van der Waals surface area contributed by atoms with E-state index in [4.69, 9.17) is 9.15 Å². The van der Waals surface area contributed by atoms with E-state index in [1.807, 2.05) is 12.1 Å². The van der Waals surface area contributed by atoms with Crippen molar-refractivity contribution in [2.45, 2.75) is 25.3 Å². The lowest BCUT2D eigenvalue weighted by Gasteiger charge is -2.26. The molecule has 0 saturated carbocycles. The van der Waals surface area contributed by atoms with Crippen molar-refractivity contribution in [1.82, 2.24) is 15.1 Å². The Bertz CT molecular complexity index is 569. The van der Waals surface area contributed by atoms with Gasteiger partial charge in [-0.1, -0.05) is 0 Å². The van der Waals surface area contributed by atoms with Gasteiger partial charge in [0.25, 0.3) is 0 Å². The quantitative estimate of drug-likeness (QED) is 0.759. The average Bonchev–Trinajstić information content (AvgIpc) is 3.35. The second kappa shape index (κ2) is 8.49. The van der Waals surface area contributed by atoms with Crippen LogP contribution in [-0.2, 0) is 14.3 Å². The van der Waals surface area contributed by atoms with Gasteiger partial charge in [-0.05, 0) is 38.1 Å². The summed E-state index contributed by atoms with van der Waals surface area (Å²) in [7, 11) is 1.61. The van der Waals surface area contributed by atoms with Crippen molar-refractivity contribution in [3.63, 3.8) is 0 Å². The number of furan rings is 1. The molecular formula is C18H27N3O4. The van der Waals surface area contributed by atoms with Gasteiger partial charge in [0.15, 0.2) is 0 Å². The molecule has 0 aliphatic carbocycles. The van der Waals surface area contributed by atoms with Crippen molar-refractivity contribution in [2.75, 3.05) is 46.4 Å². The molecule has 0 aromatic carbocycles. The van der Waals surface area contributed by atoms with Crippen LogP contribution in [0, 0.1) is 5.92 Å². The second-order valence-electron chi connectivity index (χ2n) is 6.75. The zero-order valence-electron chi connectivity index (χ0n) is 14.8. The highest BCUT2D eigenvalue weighted by Gasteiger charge is 2.34. The standard InChI is InChI=1S/C18H27N3O4/c1-24-10-8-21-13-14(11-17(21)22)18(23)19-12-15(16-5-4-9-25-16)20-6-2-3-7-20/h4-5,9,14-15H,2-3,6-8,10-13H2,1H3,(H,19,23). The van der Waals surface area contributed by atoms with E-state index < -0.39 is 0 Å². The summed E-state index contributed by atoms with van der Waals surface area (Å²) in [6.45, 7) is 4.07. The highest BCUT2D eigenvalue weighted by molar-refractivity contribution is 5.89. The first-order valence-corrected chi connectivity index (χ1v) is 9.01. The van der Waals surface area contributed by atoms with Crippen molar-refractivity contribution >= 4 is 11.8 Å². The number of ether oxygens (including phenoxy) is 1. The van der Waals surface area contributed by atoms with Crippen LogP contribution in [0.25, 0.3) is 0 Å². The zero-order valence-corrected chi connectivity index (χ0v) is 14.8. The van der Waals surface area contributed by atoms with Crippen molar-refractivity contribution in [3.05, 3.63) is 24.2 Å². The minimum Gasteiger partial charge on any atom is -0.468 e. The van der Waals surface area contributed by atoms with Crippen LogP contribution < -0.4 is 5.32 Å². The van der Waals surface area contributed by atoms with E-state index in [-0.39, 0.29) is 30.2 Å². The molecular weight excluding hydrogens is 322 g/mol. The number of hydrogen-bond acceptors (Lipinski definition) is 5. The van der Waals surface area contributed by atoms with Gasteiger partial charge in [-0.15, -0.1) is 0 Å². The summed E-state index contributed by atoms with van der Waals surface area (Å²) in [4.78, 5) is 28.6. The number of likely N-dealkylation sites (tertiary alicyclic amines) is 2. The predicted octanol–water partition coefficient (Wildman–Crippen LogP) is 1.03. The van der Waals surface area contributed by atoms with Crippen LogP contribution in [0.2, 0.25) is 0 Å². The molecule has 1 N–H and O–H groups in total. The Morgan fingerprint density at radius 2 is 2.24 bits per heavy atom. The first-order valence-electron chi connectivity index (χ1n) is 9.01. The van der Waals surface area contributed by atoms with Crippen LogP contribution >= 0.6 is 0 Å². The van der Waals surface area contributed by atoms with Crippen LogP contribution in [0.3, 0.4) is 0 Å². The first kappa shape index (κ1) is 17.9. The van der Waals surface area contributed by atoms with E-state index >= 15 is 0 Å². The Balaban J connectivity index is 1.54. The third-order valence-electron chi connectivity index (χ3n) is 5.07. The maximum absolute atomic E-state index is 12.5. The zero-order chi connectivity index (χ0) is 17.6. The molecule has 2 aliphatic rings. The topological polar surface area (TPSA) is 75.0 Å². The maximum atomic E-state index is 12.5. The summed E-state index contributed by atoms with van der Waals surface area (Å²) in [5, 5.41) is 3.04. The Labute approximate surface area is 148 Å². The van der Waals surface area contributed by atoms with Gasteiger partial charge in [-0.3, -0.25) is 14.5 Å². The molecule has 25 heavy (non-hydrogen) atoms. The SMILES string of the molecule is COCCN1CC(C(=O)NCC(c2ccco2)N2CCCC2)CC1=O. The van der Waals surface area contributed by atoms with E-state index in [0.29, 0.717) is 26.2 Å². The normalized spacial score (nSPS) is 22.5. The molecule has 0 bridgehead atoms. The third kappa shape index (κ3) is 4.41. The van der Waals surface area contributed by atoms with Gasteiger partial charge in [0.2, 0.25) is 11.8 Å². The summed E-state index contributed by atoms with van der Waals surface area (Å²) in [5.41, 5.74) is 0. The number of carbonyl (C=O) groups excluding carboxylic acids is 2. The van der Waals surface area contributed by atoms with Crippen LogP contribution in [0.15, 0.2) is 22.8 Å². The molecule has 1 aromatic heterocycles. The minimum absolute atomic E-state index is 0.0272. The third-order valence-corrected chi connectivity index (χ3v) is 5.07. The predicted molar refractivity (Wildman–Crippen MR) is 91.8 cm³/mol. The van der Waals surface area contributed by atoms with Crippen LogP contribution in [-0.4, -0.2) is 68.1 Å². The lowest BCUT2D eigenvalue weighted by atomic mass is 10.1. The summed E-state index contributed by atoms with van der Waals surface area (Å²) >= 11 is 0. The van der Waals surface area contributed by atoms with E-state index in [1.165, 1.54) is 12.8 Å². The molecule has 7 heteroatoms. The number of methoxy groups -OCH3 is 1. The average molecular weight is 349 g/mol. The Morgan fingerprint density at radius 3 is 2.92 bits per heavy atom. The van der Waals surface area contributed by atoms with Crippen molar-refractivity contribution in [1.29, 1.82) is 0 Å². The lowest BCUT2D eigenvalue weighted by Crippen LogP contribution is -2.40. The molecule has 2 unspecified atom stereocenters. The van der Waals surface area contributed by atoms with Crippen molar-refractivity contribution in [3.8, 4) is 0 Å². The van der Waals surface area contributed by atoms with E-state index in [0.717, 1.165) is 18.8 Å². The molecule has 3 rings (SSSR count). The highest BCUT2D eigenvalue weighted by Crippen LogP contribution is 2.25. The van der Waals surface area contributed by atoms with Crippen LogP contribution in [0.4, 0.5) is 0 Å². The number of hydrogen-bond donors (Lipinski definition) is 1. The number of carbonyl (C=O) groups is 2. The Kier molecular flexibility index (Phi) is 6.09. The summed E-state index contributed by atoms with van der Waals surface area (Å²) < 4.78 is 10.6. The number of rotatable bonds is 8. The number of nitrogens with zero attached hydrogens (tertiary/aromatic N) is 2. The largest absolute Gasteiger partial charge is 0.468 e. The molecule has 2 saturated heterocycles. The summed E-state index contributed by atoms with van der Waals surface area (Å²) in [5.74, 6) is 0.579. The fraction of sp³-hybridized carbons (Fsp3) is 0.667. The molecule has 3 heterocycles. The molecule has 2 atom stereocenters. The van der Waals surface area contributed by atoms with Gasteiger partial charge in [0.1, 0.15) is 5.76 Å². The Hall–Kier alpha value is -1.86. The first-order chi connectivity index (χ1) is 12.2. The molecule has 0 radical (unpaired) electrons. The van der Waals surface area contributed by atoms with E-state index in [2.05, 4.69) is 10.2 Å². The molecule has 2 aliphatic heterocycles. The monoisotopic (exact) mass is 349 g/mol. The second-order valence-corrected chi connectivity index (χ2v) is 6.75. The smallest absolute Gasteiger partial charge is 0.225 e. The van der Waals surface area contributed by atoms with Gasteiger partial charge in [0.05, 0.1) is 24.8 Å². The lowest BCUT2D eigenvalue weighted by molar-refractivity contribution is -0.129. The summed E-state index contributed by atoms with van der Waals surface area (Å²) in [6.07, 6.45) is 4.31. The van der Waals surface area contributed by atoms with Crippen molar-refractivity contribution in [2.24, 2.45) is 5.92 Å². The van der Waals surface area contributed by atoms with Gasteiger partial charge in [-0.25, -0.2) is 0 Å². The van der Waals surface area contributed by atoms with Crippen LogP contribution in [0.5, 0.6) is 0 Å². The molecule has 7 nitrogen and oxygen atoms in total. The Morgan fingerprint density at radius 1 is 1.44 bits per heavy atom. The number of nitrogens with one attached hydrogen (secondary N) is 1. The van der Waals surface area contributed by atoms with Crippen LogP contribution in [0.1, 0.15) is 31.1 Å². The maximum Gasteiger partial charge on any atom is 0.225 e. The molecule has 0 spiro atoms. The fourth-order valence-electron chi connectivity index (χ4n) is 3.65. The highest BCUT2D eigenvalue weighted by atomic mass is 16.5. The fourth-order valence-corrected chi connectivity index (χ4v) is 3.65. The molecule has 1 aromatic rings. The van der Waals surface area contributed by atoms with E-state index in [1.54, 1.807) is 18.3 Å². The number of amides is 2. The van der Waals surface area contributed by atoms with Gasteiger partial charge in [-0.2, -0.15) is 0 Å². The summed E-state index contributed by atoms with van der Waals surface area (Å²) in [6, 6.07) is 3.90. The van der Waals surface area contributed by atoms with Gasteiger partial charge < -0.3 is 19.4 Å². The van der Waals surface area contributed by atoms with Gasteiger partial charge >= 0.3 is 0 Å². The van der Waals surface area contributed by atoms with E-state index in [9.17, 15) is 9.59 Å². The van der Waals surface area contributed by atoms with Gasteiger partial charge in [0, 0.05) is 33.2 Å².